The molecule has 2 heteroatoms. The van der Waals surface area contributed by atoms with Gasteiger partial charge in [-0.15, -0.1) is 0 Å². The van der Waals surface area contributed by atoms with Crippen molar-refractivity contribution in [2.24, 2.45) is 0 Å². The van der Waals surface area contributed by atoms with Gasteiger partial charge in [-0.2, -0.15) is 0 Å². The van der Waals surface area contributed by atoms with Crippen LogP contribution in [-0.2, 0) is 0 Å². The number of nitrogens with zero attached hydrogens (tertiary/aromatic N) is 2. The van der Waals surface area contributed by atoms with Crippen LogP contribution in [0.2, 0.25) is 0 Å². The maximum atomic E-state index is 2.21. The Labute approximate surface area is 134 Å². The van der Waals surface area contributed by atoms with E-state index >= 15 is 0 Å². The Morgan fingerprint density at radius 3 is 1.14 bits per heavy atom. The molecule has 0 N–H and O–H groups in total. The van der Waals surface area contributed by atoms with E-state index in [9.17, 15) is 0 Å². The smallest absolute Gasteiger partial charge is 0.0361 e. The predicted octanol–water partition coefficient (Wildman–Crippen LogP) is 4.66. The van der Waals surface area contributed by atoms with Gasteiger partial charge in [0, 0.05) is 39.6 Å². The van der Waals surface area contributed by atoms with Crippen molar-refractivity contribution in [2.45, 2.75) is 13.8 Å². The first kappa shape index (κ1) is 16.2. The summed E-state index contributed by atoms with van der Waals surface area (Å²) in [6, 6.07) is 17.5. The van der Waals surface area contributed by atoms with Gasteiger partial charge in [0.2, 0.25) is 0 Å². The molecule has 22 heavy (non-hydrogen) atoms. The molecule has 0 aliphatic carbocycles. The van der Waals surface area contributed by atoms with Gasteiger partial charge in [0.1, 0.15) is 0 Å². The average Bonchev–Trinajstić information content (AvgIpc) is 2.48. The summed E-state index contributed by atoms with van der Waals surface area (Å²) in [7, 11) is 8.27. The molecule has 2 rings (SSSR count). The van der Waals surface area contributed by atoms with Crippen LogP contribution >= 0.6 is 0 Å². The van der Waals surface area contributed by atoms with Gasteiger partial charge in [-0.05, 0) is 54.8 Å². The quantitative estimate of drug-likeness (QED) is 0.809. The molecule has 0 unspecified atom stereocenters. The van der Waals surface area contributed by atoms with E-state index in [0.29, 0.717) is 0 Å². The van der Waals surface area contributed by atoms with Crippen LogP contribution in [0.3, 0.4) is 0 Å². The second-order valence-electron chi connectivity index (χ2n) is 6.26. The first-order valence-corrected chi connectivity index (χ1v) is 7.63. The minimum Gasteiger partial charge on any atom is -0.378 e. The largest absolute Gasteiger partial charge is 0.378 e. The van der Waals surface area contributed by atoms with E-state index in [4.69, 9.17) is 0 Å². The van der Waals surface area contributed by atoms with Gasteiger partial charge in [-0.3, -0.25) is 0 Å². The molecule has 0 aliphatic rings. The number of allylic oxidation sites excluding steroid dienone is 1. The second kappa shape index (κ2) is 6.69. The summed E-state index contributed by atoms with van der Waals surface area (Å²) in [6.07, 6.45) is 0. The predicted molar refractivity (Wildman–Crippen MR) is 98.9 cm³/mol. The highest BCUT2D eigenvalue weighted by atomic mass is 15.1. The number of rotatable bonds is 4. The molecule has 0 saturated heterocycles. The Bertz CT molecular complexity index is 590. The van der Waals surface area contributed by atoms with E-state index in [1.54, 1.807) is 0 Å². The fourth-order valence-electron chi connectivity index (χ4n) is 2.60. The molecule has 0 saturated carbocycles. The molecule has 0 aliphatic heterocycles. The van der Waals surface area contributed by atoms with Gasteiger partial charge in [-0.1, -0.05) is 29.8 Å². The normalized spacial score (nSPS) is 10.3. The molecule has 0 spiro atoms. The lowest BCUT2D eigenvalue weighted by Crippen LogP contribution is -2.08. The van der Waals surface area contributed by atoms with Crippen LogP contribution in [0.5, 0.6) is 0 Å². The van der Waals surface area contributed by atoms with E-state index in [2.05, 4.69) is 100 Å². The molecule has 2 aromatic rings. The van der Waals surface area contributed by atoms with Gasteiger partial charge in [0.25, 0.3) is 0 Å². The molecule has 0 atom stereocenters. The van der Waals surface area contributed by atoms with E-state index in [0.717, 1.165) is 0 Å². The fraction of sp³-hybridized carbons (Fsp3) is 0.300. The fourth-order valence-corrected chi connectivity index (χ4v) is 2.60. The summed E-state index contributed by atoms with van der Waals surface area (Å²) < 4.78 is 0. The Balaban J connectivity index is 2.41. The molecule has 0 radical (unpaired) electrons. The van der Waals surface area contributed by atoms with E-state index in [-0.39, 0.29) is 0 Å². The topological polar surface area (TPSA) is 6.48 Å². The van der Waals surface area contributed by atoms with E-state index in [1.807, 2.05) is 0 Å². The summed E-state index contributed by atoms with van der Waals surface area (Å²) in [5, 5.41) is 0. The zero-order valence-electron chi connectivity index (χ0n) is 14.5. The van der Waals surface area contributed by atoms with Crippen molar-refractivity contribution < 1.29 is 0 Å². The van der Waals surface area contributed by atoms with Crippen LogP contribution in [0.25, 0.3) is 5.57 Å². The Morgan fingerprint density at radius 1 is 0.591 bits per heavy atom. The van der Waals surface area contributed by atoms with E-state index in [1.165, 1.54) is 33.6 Å². The van der Waals surface area contributed by atoms with Crippen molar-refractivity contribution in [3.05, 3.63) is 65.2 Å². The molecule has 2 aromatic carbocycles. The van der Waals surface area contributed by atoms with Crippen LogP contribution in [0, 0.1) is 0 Å². The molecule has 0 aromatic heterocycles. The van der Waals surface area contributed by atoms with Crippen molar-refractivity contribution in [3.63, 3.8) is 0 Å². The van der Waals surface area contributed by atoms with Gasteiger partial charge in [0.15, 0.2) is 0 Å². The lowest BCUT2D eigenvalue weighted by Gasteiger charge is -2.17. The maximum Gasteiger partial charge on any atom is 0.0361 e. The number of benzene rings is 2. The van der Waals surface area contributed by atoms with Gasteiger partial charge < -0.3 is 9.80 Å². The lowest BCUT2D eigenvalue weighted by atomic mass is 9.94. The third-order valence-corrected chi connectivity index (χ3v) is 3.84. The van der Waals surface area contributed by atoms with Gasteiger partial charge in [0.05, 0.1) is 0 Å². The molecule has 0 fully saturated rings. The van der Waals surface area contributed by atoms with Crippen molar-refractivity contribution in [1.29, 1.82) is 0 Å². The van der Waals surface area contributed by atoms with Crippen LogP contribution in [0.4, 0.5) is 11.4 Å². The minimum absolute atomic E-state index is 1.22. The minimum atomic E-state index is 1.22. The van der Waals surface area contributed by atoms with Gasteiger partial charge in [-0.25, -0.2) is 0 Å². The molecule has 0 heterocycles. The monoisotopic (exact) mass is 294 g/mol. The number of anilines is 2. The molecule has 116 valence electrons. The first-order chi connectivity index (χ1) is 10.4. The van der Waals surface area contributed by atoms with E-state index < -0.39 is 0 Å². The molecule has 0 bridgehead atoms. The van der Waals surface area contributed by atoms with Crippen molar-refractivity contribution in [1.82, 2.24) is 0 Å². The first-order valence-electron chi connectivity index (χ1n) is 7.63. The molecular weight excluding hydrogens is 268 g/mol. The van der Waals surface area contributed by atoms with Crippen molar-refractivity contribution in [2.75, 3.05) is 38.0 Å². The third kappa shape index (κ3) is 3.51. The summed E-state index contributed by atoms with van der Waals surface area (Å²) in [4.78, 5) is 4.25. The zero-order valence-corrected chi connectivity index (χ0v) is 14.5. The molecule has 0 amide bonds. The van der Waals surface area contributed by atoms with Gasteiger partial charge >= 0.3 is 0 Å². The Kier molecular flexibility index (Phi) is 4.92. The highest BCUT2D eigenvalue weighted by Gasteiger charge is 2.08. The van der Waals surface area contributed by atoms with Crippen molar-refractivity contribution >= 4 is 16.9 Å². The number of hydrogen-bond acceptors (Lipinski definition) is 2. The number of hydrogen-bond donors (Lipinski definition) is 0. The lowest BCUT2D eigenvalue weighted by molar-refractivity contribution is 1.13. The zero-order chi connectivity index (χ0) is 16.3. The van der Waals surface area contributed by atoms with Crippen molar-refractivity contribution in [3.8, 4) is 0 Å². The Morgan fingerprint density at radius 2 is 0.909 bits per heavy atom. The molecular formula is C20H26N2. The van der Waals surface area contributed by atoms with Crippen LogP contribution in [-0.4, -0.2) is 28.2 Å². The SMILES string of the molecule is CC(C)=C(c1ccc(N(C)C)cc1)c1ccc(N(C)C)cc1. The average molecular weight is 294 g/mol. The third-order valence-electron chi connectivity index (χ3n) is 3.84. The summed E-state index contributed by atoms with van der Waals surface area (Å²) >= 11 is 0. The maximum absolute atomic E-state index is 2.21. The summed E-state index contributed by atoms with van der Waals surface area (Å²) in [5.74, 6) is 0. The van der Waals surface area contributed by atoms with Crippen LogP contribution in [0.15, 0.2) is 54.1 Å². The standard InChI is InChI=1S/C20H26N2/c1-15(2)20(16-7-11-18(12-8-16)21(3)4)17-9-13-19(14-10-17)22(5)6/h7-14H,1-6H3. The highest BCUT2D eigenvalue weighted by molar-refractivity contribution is 5.82. The van der Waals surface area contributed by atoms with Crippen LogP contribution < -0.4 is 9.80 Å². The highest BCUT2D eigenvalue weighted by Crippen LogP contribution is 2.29. The van der Waals surface area contributed by atoms with Crippen LogP contribution in [0.1, 0.15) is 25.0 Å². The Hall–Kier alpha value is -2.22. The summed E-state index contributed by atoms with van der Waals surface area (Å²) in [5.41, 5.74) is 7.62. The second-order valence-corrected chi connectivity index (χ2v) is 6.26. The molecule has 2 nitrogen and oxygen atoms in total. The summed E-state index contributed by atoms with van der Waals surface area (Å²) in [6.45, 7) is 4.35.